The zero-order valence-electron chi connectivity index (χ0n) is 21.2. The molecule has 4 aromatic rings. The van der Waals surface area contributed by atoms with E-state index in [-0.39, 0.29) is 24.8 Å². The molecule has 39 heavy (non-hydrogen) atoms. The third kappa shape index (κ3) is 6.18. The molecule has 2 heterocycles. The van der Waals surface area contributed by atoms with E-state index in [9.17, 15) is 19.5 Å². The van der Waals surface area contributed by atoms with Gasteiger partial charge in [0.15, 0.2) is 5.82 Å². The van der Waals surface area contributed by atoms with Gasteiger partial charge in [-0.1, -0.05) is 72.8 Å². The molecule has 2 unspecified atom stereocenters. The van der Waals surface area contributed by atoms with E-state index < -0.39 is 17.9 Å². The first kappa shape index (κ1) is 25.8. The first-order valence-electron chi connectivity index (χ1n) is 12.8. The van der Waals surface area contributed by atoms with Crippen LogP contribution in [0.3, 0.4) is 0 Å². The number of nitrogens with zero attached hydrogens (tertiary/aromatic N) is 3. The Morgan fingerprint density at radius 3 is 2.10 bits per heavy atom. The van der Waals surface area contributed by atoms with Gasteiger partial charge in [-0.05, 0) is 29.7 Å². The van der Waals surface area contributed by atoms with Crippen LogP contribution in [0.25, 0.3) is 22.5 Å². The number of nitrogens with one attached hydrogen (secondary N) is 1. The average molecular weight is 521 g/mol. The number of carboxylic acid groups (broad SMARTS) is 1. The van der Waals surface area contributed by atoms with Crippen LogP contribution < -0.4 is 5.32 Å². The molecule has 0 spiro atoms. The number of aliphatic carboxylic acids is 1. The number of aromatic nitrogens is 2. The van der Waals surface area contributed by atoms with E-state index in [0.29, 0.717) is 24.4 Å². The molecular weight excluding hydrogens is 492 g/mol. The normalized spacial score (nSPS) is 15.5. The van der Waals surface area contributed by atoms with Crippen molar-refractivity contribution in [2.45, 2.75) is 18.9 Å². The Kier molecular flexibility index (Phi) is 7.73. The molecule has 3 aromatic carbocycles. The van der Waals surface area contributed by atoms with E-state index in [1.165, 1.54) is 4.90 Å². The molecule has 1 saturated heterocycles. The van der Waals surface area contributed by atoms with Crippen molar-refractivity contribution in [3.63, 3.8) is 0 Å². The smallest absolute Gasteiger partial charge is 0.308 e. The summed E-state index contributed by atoms with van der Waals surface area (Å²) < 4.78 is 0. The lowest BCUT2D eigenvalue weighted by Crippen LogP contribution is -2.49. The van der Waals surface area contributed by atoms with Gasteiger partial charge in [0.2, 0.25) is 5.91 Å². The fourth-order valence-corrected chi connectivity index (χ4v) is 4.70. The maximum absolute atomic E-state index is 13.4. The highest BCUT2D eigenvalue weighted by Crippen LogP contribution is 2.22. The van der Waals surface area contributed by atoms with Gasteiger partial charge in [-0.3, -0.25) is 14.4 Å². The summed E-state index contributed by atoms with van der Waals surface area (Å²) in [7, 11) is 0. The molecule has 1 aromatic heterocycles. The summed E-state index contributed by atoms with van der Waals surface area (Å²) in [6, 6.07) is 25.4. The van der Waals surface area contributed by atoms with Gasteiger partial charge < -0.3 is 15.3 Å². The van der Waals surface area contributed by atoms with Gasteiger partial charge in [0.25, 0.3) is 5.91 Å². The van der Waals surface area contributed by atoms with Crippen molar-refractivity contribution in [1.82, 2.24) is 20.2 Å². The molecular formula is C31H28N4O4. The van der Waals surface area contributed by atoms with E-state index >= 15 is 0 Å². The summed E-state index contributed by atoms with van der Waals surface area (Å²) in [5, 5.41) is 12.2. The lowest BCUT2D eigenvalue weighted by molar-refractivity contribution is -0.141. The Morgan fingerprint density at radius 1 is 0.846 bits per heavy atom. The topological polar surface area (TPSA) is 112 Å². The Labute approximate surface area is 226 Å². The quantitative estimate of drug-likeness (QED) is 0.362. The zero-order valence-corrected chi connectivity index (χ0v) is 21.2. The monoisotopic (exact) mass is 520 g/mol. The summed E-state index contributed by atoms with van der Waals surface area (Å²) in [5.74, 6) is -1.56. The minimum absolute atomic E-state index is 0.140. The van der Waals surface area contributed by atoms with Gasteiger partial charge in [-0.15, -0.1) is 0 Å². The average Bonchev–Trinajstić information content (AvgIpc) is 3.49. The Balaban J connectivity index is 1.32. The highest BCUT2D eigenvalue weighted by Gasteiger charge is 2.34. The van der Waals surface area contributed by atoms with Crippen LogP contribution in [0, 0.1) is 5.92 Å². The highest BCUT2D eigenvalue weighted by molar-refractivity contribution is 5.97. The van der Waals surface area contributed by atoms with Gasteiger partial charge >= 0.3 is 5.97 Å². The molecule has 0 saturated carbocycles. The number of carbonyl (C=O) groups is 3. The molecule has 0 aliphatic carbocycles. The molecule has 2 amide bonds. The standard InChI is InChI=1S/C31H28N4O4/c36-29(24-9-5-2-6-10-24)34-27(30(37)35-16-15-25(20-35)31(38)39)17-21-11-13-23(14-12-21)28-32-18-26(19-33-28)22-7-3-1-4-8-22/h1-14,18-19,25,27H,15-17,20H2,(H,34,36)(H,38,39). The van der Waals surface area contributed by atoms with Crippen molar-refractivity contribution < 1.29 is 19.5 Å². The number of carboxylic acids is 1. The van der Waals surface area contributed by atoms with E-state index in [1.54, 1.807) is 36.7 Å². The third-order valence-corrected chi connectivity index (χ3v) is 6.90. The summed E-state index contributed by atoms with van der Waals surface area (Å²) in [4.78, 5) is 48.3. The molecule has 1 fully saturated rings. The Morgan fingerprint density at radius 2 is 1.49 bits per heavy atom. The number of likely N-dealkylation sites (tertiary alicyclic amines) is 1. The first-order valence-corrected chi connectivity index (χ1v) is 12.8. The van der Waals surface area contributed by atoms with Crippen molar-refractivity contribution >= 4 is 17.8 Å². The number of hydrogen-bond donors (Lipinski definition) is 2. The Hall–Kier alpha value is -4.85. The zero-order chi connectivity index (χ0) is 27.2. The van der Waals surface area contributed by atoms with Gasteiger partial charge in [0.1, 0.15) is 6.04 Å². The molecule has 2 N–H and O–H groups in total. The largest absolute Gasteiger partial charge is 0.481 e. The van der Waals surface area contributed by atoms with Crippen LogP contribution in [0.15, 0.2) is 97.3 Å². The number of carbonyl (C=O) groups excluding carboxylic acids is 2. The van der Waals surface area contributed by atoms with Gasteiger partial charge in [-0.25, -0.2) is 9.97 Å². The first-order chi connectivity index (χ1) is 19.0. The predicted octanol–water partition coefficient (Wildman–Crippen LogP) is 4.08. The molecule has 8 heteroatoms. The van der Waals surface area contributed by atoms with Crippen LogP contribution in [0.5, 0.6) is 0 Å². The summed E-state index contributed by atoms with van der Waals surface area (Å²) in [5.41, 5.74) is 4.10. The molecule has 1 aliphatic heterocycles. The summed E-state index contributed by atoms with van der Waals surface area (Å²) >= 11 is 0. The van der Waals surface area contributed by atoms with Crippen molar-refractivity contribution in [2.75, 3.05) is 13.1 Å². The molecule has 5 rings (SSSR count). The van der Waals surface area contributed by atoms with Crippen molar-refractivity contribution in [3.8, 4) is 22.5 Å². The Bertz CT molecular complexity index is 1440. The highest BCUT2D eigenvalue weighted by atomic mass is 16.4. The van der Waals surface area contributed by atoms with Crippen LogP contribution in [0.2, 0.25) is 0 Å². The van der Waals surface area contributed by atoms with Crippen LogP contribution in [0.4, 0.5) is 0 Å². The second-order valence-corrected chi connectivity index (χ2v) is 9.56. The van der Waals surface area contributed by atoms with E-state index in [0.717, 1.165) is 22.3 Å². The summed E-state index contributed by atoms with van der Waals surface area (Å²) in [6.45, 7) is 0.490. The lowest BCUT2D eigenvalue weighted by Gasteiger charge is -2.24. The number of amides is 2. The predicted molar refractivity (Wildman–Crippen MR) is 147 cm³/mol. The third-order valence-electron chi connectivity index (χ3n) is 6.90. The van der Waals surface area contributed by atoms with Crippen molar-refractivity contribution in [3.05, 3.63) is 108 Å². The van der Waals surface area contributed by atoms with Crippen molar-refractivity contribution in [1.29, 1.82) is 0 Å². The molecule has 0 bridgehead atoms. The number of rotatable bonds is 8. The molecule has 196 valence electrons. The number of benzene rings is 3. The maximum Gasteiger partial charge on any atom is 0.308 e. The van der Waals surface area contributed by atoms with E-state index in [4.69, 9.17) is 0 Å². The van der Waals surface area contributed by atoms with Gasteiger partial charge in [0, 0.05) is 48.6 Å². The van der Waals surface area contributed by atoms with Crippen LogP contribution in [0.1, 0.15) is 22.3 Å². The fourth-order valence-electron chi connectivity index (χ4n) is 4.70. The van der Waals surface area contributed by atoms with Crippen LogP contribution in [-0.2, 0) is 16.0 Å². The van der Waals surface area contributed by atoms with Crippen LogP contribution in [-0.4, -0.2) is 56.9 Å². The molecule has 8 nitrogen and oxygen atoms in total. The van der Waals surface area contributed by atoms with Crippen molar-refractivity contribution in [2.24, 2.45) is 5.92 Å². The van der Waals surface area contributed by atoms with E-state index in [1.807, 2.05) is 60.7 Å². The minimum atomic E-state index is -0.912. The molecule has 2 atom stereocenters. The van der Waals surface area contributed by atoms with Crippen LogP contribution >= 0.6 is 0 Å². The SMILES string of the molecule is O=C(NC(Cc1ccc(-c2ncc(-c3ccccc3)cn2)cc1)C(=O)N1CCC(C(=O)O)C1)c1ccccc1. The second-order valence-electron chi connectivity index (χ2n) is 9.56. The van der Waals surface area contributed by atoms with Gasteiger partial charge in [0.05, 0.1) is 5.92 Å². The fraction of sp³-hybridized carbons (Fsp3) is 0.194. The molecule has 1 aliphatic rings. The minimum Gasteiger partial charge on any atom is -0.481 e. The van der Waals surface area contributed by atoms with E-state index in [2.05, 4.69) is 15.3 Å². The number of hydrogen-bond acceptors (Lipinski definition) is 5. The lowest BCUT2D eigenvalue weighted by atomic mass is 10.0. The molecule has 0 radical (unpaired) electrons. The second kappa shape index (κ2) is 11.7. The maximum atomic E-state index is 13.4. The summed E-state index contributed by atoms with van der Waals surface area (Å²) in [6.07, 6.45) is 4.25. The van der Waals surface area contributed by atoms with Gasteiger partial charge in [-0.2, -0.15) is 0 Å².